The maximum atomic E-state index is 4.48. The van der Waals surface area contributed by atoms with Crippen molar-refractivity contribution in [3.8, 4) is 0 Å². The summed E-state index contributed by atoms with van der Waals surface area (Å²) in [6, 6.07) is 0. The van der Waals surface area contributed by atoms with Crippen molar-refractivity contribution in [3.05, 3.63) is 0 Å². The summed E-state index contributed by atoms with van der Waals surface area (Å²) in [5, 5.41) is 0. The van der Waals surface area contributed by atoms with Gasteiger partial charge in [-0.05, 0) is 20.3 Å². The minimum Gasteiger partial charge on any atom is -0.364 e. The van der Waals surface area contributed by atoms with Gasteiger partial charge in [0.15, 0.2) is 0 Å². The van der Waals surface area contributed by atoms with Crippen molar-refractivity contribution in [2.45, 2.75) is 85.0 Å². The van der Waals surface area contributed by atoms with Crippen LogP contribution in [0.4, 0.5) is 0 Å². The molecule has 0 saturated heterocycles. The Morgan fingerprint density at radius 1 is 0.684 bits per heavy atom. The third kappa shape index (κ3) is 13.7. The fourth-order valence-corrected chi connectivity index (χ4v) is 2.25. The molecular formula is C17H36N2. The summed E-state index contributed by atoms with van der Waals surface area (Å²) >= 11 is 0. The molecule has 0 radical (unpaired) electrons. The van der Waals surface area contributed by atoms with Crippen molar-refractivity contribution in [1.82, 2.24) is 4.90 Å². The Morgan fingerprint density at radius 2 is 1.16 bits per heavy atom. The van der Waals surface area contributed by atoms with Gasteiger partial charge in [-0.25, -0.2) is 0 Å². The van der Waals surface area contributed by atoms with E-state index in [1.54, 1.807) is 0 Å². The maximum Gasteiger partial charge on any atom is 0.0849 e. The van der Waals surface area contributed by atoms with E-state index in [4.69, 9.17) is 0 Å². The molecule has 0 aliphatic rings. The molecule has 0 aromatic carbocycles. The molecule has 114 valence electrons. The molecule has 0 aliphatic carbocycles. The minimum absolute atomic E-state index is 1.01. The highest BCUT2D eigenvalue weighted by atomic mass is 15.1. The van der Waals surface area contributed by atoms with Gasteiger partial charge in [-0.2, -0.15) is 0 Å². The van der Waals surface area contributed by atoms with E-state index in [0.29, 0.717) is 0 Å². The minimum atomic E-state index is 1.01. The first-order chi connectivity index (χ1) is 9.35. The van der Waals surface area contributed by atoms with Crippen LogP contribution in [0.15, 0.2) is 4.99 Å². The summed E-state index contributed by atoms with van der Waals surface area (Å²) < 4.78 is 0. The van der Waals surface area contributed by atoms with Crippen LogP contribution in [0.1, 0.15) is 85.0 Å². The van der Waals surface area contributed by atoms with Gasteiger partial charge in [0.2, 0.25) is 0 Å². The number of aliphatic imine (C=N–C) groups is 1. The molecule has 0 amide bonds. The Hall–Kier alpha value is -0.530. The van der Waals surface area contributed by atoms with Gasteiger partial charge >= 0.3 is 0 Å². The van der Waals surface area contributed by atoms with Crippen molar-refractivity contribution < 1.29 is 0 Å². The van der Waals surface area contributed by atoms with Gasteiger partial charge in [-0.1, -0.05) is 64.7 Å². The lowest BCUT2D eigenvalue weighted by Gasteiger charge is -2.13. The monoisotopic (exact) mass is 268 g/mol. The van der Waals surface area contributed by atoms with Gasteiger partial charge in [0.05, 0.1) is 6.34 Å². The van der Waals surface area contributed by atoms with Crippen molar-refractivity contribution in [2.75, 3.05) is 19.6 Å². The summed E-state index contributed by atoms with van der Waals surface area (Å²) in [6.45, 7) is 9.78. The van der Waals surface area contributed by atoms with Crippen LogP contribution < -0.4 is 0 Å². The van der Waals surface area contributed by atoms with Crippen LogP contribution in [0.3, 0.4) is 0 Å². The van der Waals surface area contributed by atoms with Crippen molar-refractivity contribution in [2.24, 2.45) is 4.99 Å². The van der Waals surface area contributed by atoms with E-state index < -0.39 is 0 Å². The van der Waals surface area contributed by atoms with Crippen LogP contribution >= 0.6 is 0 Å². The van der Waals surface area contributed by atoms with Crippen LogP contribution in [-0.2, 0) is 0 Å². The second-order valence-corrected chi connectivity index (χ2v) is 5.42. The van der Waals surface area contributed by atoms with E-state index in [1.807, 2.05) is 6.34 Å². The molecule has 0 aliphatic heterocycles. The molecule has 0 aromatic heterocycles. The highest BCUT2D eigenvalue weighted by Crippen LogP contribution is 2.10. The molecule has 0 spiro atoms. The zero-order valence-electron chi connectivity index (χ0n) is 13.7. The molecule has 0 unspecified atom stereocenters. The molecule has 0 aromatic rings. The van der Waals surface area contributed by atoms with E-state index >= 15 is 0 Å². The molecule has 0 atom stereocenters. The van der Waals surface area contributed by atoms with E-state index in [9.17, 15) is 0 Å². The van der Waals surface area contributed by atoms with Crippen molar-refractivity contribution >= 4 is 6.34 Å². The van der Waals surface area contributed by atoms with Crippen molar-refractivity contribution in [3.63, 3.8) is 0 Å². The lowest BCUT2D eigenvalue weighted by Crippen LogP contribution is -2.20. The van der Waals surface area contributed by atoms with Gasteiger partial charge in [0, 0.05) is 19.6 Å². The fourth-order valence-electron chi connectivity index (χ4n) is 2.25. The zero-order valence-corrected chi connectivity index (χ0v) is 13.7. The number of unbranched alkanes of at least 4 members (excludes halogenated alkanes) is 9. The normalized spacial score (nSPS) is 11.3. The third-order valence-electron chi connectivity index (χ3n) is 3.70. The molecule has 0 N–H and O–H groups in total. The van der Waals surface area contributed by atoms with Crippen molar-refractivity contribution in [1.29, 1.82) is 0 Å². The smallest absolute Gasteiger partial charge is 0.0849 e. The average Bonchev–Trinajstić information content (AvgIpc) is 2.44. The molecular weight excluding hydrogens is 232 g/mol. The van der Waals surface area contributed by atoms with Crippen LogP contribution in [-0.4, -0.2) is 30.9 Å². The van der Waals surface area contributed by atoms with Crippen LogP contribution in [0.25, 0.3) is 0 Å². The number of rotatable bonds is 14. The van der Waals surface area contributed by atoms with Gasteiger partial charge < -0.3 is 4.90 Å². The summed E-state index contributed by atoms with van der Waals surface area (Å²) in [4.78, 5) is 6.73. The Bertz CT molecular complexity index is 186. The Kier molecular flexibility index (Phi) is 15.1. The average molecular weight is 268 g/mol. The molecule has 2 nitrogen and oxygen atoms in total. The van der Waals surface area contributed by atoms with Gasteiger partial charge in [-0.3, -0.25) is 4.99 Å². The topological polar surface area (TPSA) is 15.6 Å². The summed E-state index contributed by atoms with van der Waals surface area (Å²) in [7, 11) is 0. The highest BCUT2D eigenvalue weighted by Gasteiger charge is 1.93. The predicted octanol–water partition coefficient (Wildman–Crippen LogP) is 5.28. The Balaban J connectivity index is 3.14. The molecule has 19 heavy (non-hydrogen) atoms. The zero-order chi connectivity index (χ0) is 14.2. The first-order valence-electron chi connectivity index (χ1n) is 8.59. The van der Waals surface area contributed by atoms with Crippen LogP contribution in [0, 0.1) is 0 Å². The lowest BCUT2D eigenvalue weighted by atomic mass is 10.1. The third-order valence-corrected chi connectivity index (χ3v) is 3.70. The molecule has 0 bridgehead atoms. The first-order valence-corrected chi connectivity index (χ1v) is 8.59. The fraction of sp³-hybridized carbons (Fsp3) is 0.941. The van der Waals surface area contributed by atoms with E-state index in [2.05, 4.69) is 30.7 Å². The lowest BCUT2D eigenvalue weighted by molar-refractivity contribution is 0.477. The SMILES string of the molecule is CCCCCCCCCCCCN=CN(CC)CC. The molecule has 0 fully saturated rings. The van der Waals surface area contributed by atoms with Gasteiger partial charge in [0.25, 0.3) is 0 Å². The second-order valence-electron chi connectivity index (χ2n) is 5.42. The largest absolute Gasteiger partial charge is 0.364 e. The predicted molar refractivity (Wildman–Crippen MR) is 88.1 cm³/mol. The maximum absolute atomic E-state index is 4.48. The molecule has 0 rings (SSSR count). The van der Waals surface area contributed by atoms with Crippen LogP contribution in [0.2, 0.25) is 0 Å². The molecule has 0 saturated carbocycles. The van der Waals surface area contributed by atoms with Gasteiger partial charge in [-0.15, -0.1) is 0 Å². The number of hydrogen-bond donors (Lipinski definition) is 0. The molecule has 0 heterocycles. The summed E-state index contributed by atoms with van der Waals surface area (Å²) in [5.74, 6) is 0. The number of hydrogen-bond acceptors (Lipinski definition) is 1. The summed E-state index contributed by atoms with van der Waals surface area (Å²) in [5.41, 5.74) is 0. The van der Waals surface area contributed by atoms with E-state index in [0.717, 1.165) is 19.6 Å². The van der Waals surface area contributed by atoms with Gasteiger partial charge in [0.1, 0.15) is 0 Å². The molecule has 2 heteroatoms. The Morgan fingerprint density at radius 3 is 1.63 bits per heavy atom. The van der Waals surface area contributed by atoms with E-state index in [-0.39, 0.29) is 0 Å². The van der Waals surface area contributed by atoms with Crippen LogP contribution in [0.5, 0.6) is 0 Å². The van der Waals surface area contributed by atoms with E-state index in [1.165, 1.54) is 64.2 Å². The quantitative estimate of drug-likeness (QED) is 0.238. The highest BCUT2D eigenvalue weighted by molar-refractivity contribution is 5.54. The summed E-state index contributed by atoms with van der Waals surface area (Å²) in [6.07, 6.45) is 16.0. The standard InChI is InChI=1S/C17H36N2/c1-4-7-8-9-10-11-12-13-14-15-16-18-17-19(5-2)6-3/h17H,4-16H2,1-3H3. The Labute approximate surface area is 121 Å². The second kappa shape index (κ2) is 15.5. The first kappa shape index (κ1) is 18.5. The number of nitrogens with zero attached hydrogens (tertiary/aromatic N) is 2.